The smallest absolute Gasteiger partial charge is 0.231 e. The van der Waals surface area contributed by atoms with Gasteiger partial charge in [-0.3, -0.25) is 0 Å². The van der Waals surface area contributed by atoms with Crippen LogP contribution >= 0.6 is 0 Å². The second-order valence-electron chi connectivity index (χ2n) is 3.78. The fourth-order valence-corrected chi connectivity index (χ4v) is 1.55. The highest BCUT2D eigenvalue weighted by Crippen LogP contribution is 2.33. The van der Waals surface area contributed by atoms with E-state index in [0.717, 1.165) is 17.1 Å². The lowest BCUT2D eigenvalue weighted by atomic mass is 10.0. The Morgan fingerprint density at radius 1 is 1.27 bits per heavy atom. The number of hydrogen-bond acceptors (Lipinski definition) is 4. The van der Waals surface area contributed by atoms with Crippen molar-refractivity contribution in [1.82, 2.24) is 0 Å². The van der Waals surface area contributed by atoms with E-state index < -0.39 is 6.29 Å². The van der Waals surface area contributed by atoms with Gasteiger partial charge in [-0.15, -0.1) is 0 Å². The van der Waals surface area contributed by atoms with Crippen LogP contribution in [0, 0.1) is 5.92 Å². The largest absolute Gasteiger partial charge is 0.454 e. The first kappa shape index (κ1) is 10.3. The molecule has 1 aliphatic rings. The molecule has 2 rings (SSSR count). The monoisotopic (exact) mass is 210 g/mol. The summed E-state index contributed by atoms with van der Waals surface area (Å²) in [6.45, 7) is 2.05. The number of benzene rings is 1. The van der Waals surface area contributed by atoms with Crippen LogP contribution in [0.5, 0.6) is 11.5 Å². The molecule has 1 aromatic rings. The zero-order valence-corrected chi connectivity index (χ0v) is 8.51. The predicted molar refractivity (Wildman–Crippen MR) is 53.7 cm³/mol. The van der Waals surface area contributed by atoms with E-state index in [2.05, 4.69) is 0 Å². The summed E-state index contributed by atoms with van der Waals surface area (Å²) in [4.78, 5) is 0. The number of aliphatic hydroxyl groups is 2. The maximum absolute atomic E-state index is 8.98. The molecule has 0 fully saturated rings. The molecule has 2 N–H and O–H groups in total. The highest BCUT2D eigenvalue weighted by molar-refractivity contribution is 5.44. The molecule has 15 heavy (non-hydrogen) atoms. The third-order valence-electron chi connectivity index (χ3n) is 2.50. The molecule has 1 aromatic carbocycles. The van der Waals surface area contributed by atoms with Crippen molar-refractivity contribution >= 4 is 0 Å². The first-order valence-electron chi connectivity index (χ1n) is 4.91. The fourth-order valence-electron chi connectivity index (χ4n) is 1.55. The molecule has 82 valence electrons. The van der Waals surface area contributed by atoms with Crippen molar-refractivity contribution in [2.45, 2.75) is 19.6 Å². The van der Waals surface area contributed by atoms with Gasteiger partial charge in [-0.05, 0) is 24.1 Å². The van der Waals surface area contributed by atoms with Gasteiger partial charge in [-0.2, -0.15) is 0 Å². The molecule has 1 heterocycles. The minimum absolute atomic E-state index is 0.189. The van der Waals surface area contributed by atoms with E-state index in [4.69, 9.17) is 19.7 Å². The van der Waals surface area contributed by atoms with Crippen LogP contribution in [0.4, 0.5) is 0 Å². The second kappa shape index (κ2) is 4.08. The van der Waals surface area contributed by atoms with E-state index in [1.54, 1.807) is 6.92 Å². The summed E-state index contributed by atoms with van der Waals surface area (Å²) in [6, 6.07) is 5.63. The maximum Gasteiger partial charge on any atom is 0.231 e. The number of aliphatic hydroxyl groups excluding tert-OH is 1. The molecule has 1 aliphatic heterocycles. The van der Waals surface area contributed by atoms with Crippen LogP contribution in [0.2, 0.25) is 0 Å². The molecule has 0 radical (unpaired) electrons. The van der Waals surface area contributed by atoms with E-state index in [1.807, 2.05) is 18.2 Å². The molecule has 0 spiro atoms. The van der Waals surface area contributed by atoms with Crippen LogP contribution in [0.1, 0.15) is 12.5 Å². The Hall–Kier alpha value is -1.26. The number of rotatable bonds is 3. The molecular weight excluding hydrogens is 196 g/mol. The Balaban J connectivity index is 2.10. The number of fused-ring (bicyclic) bond motifs is 1. The molecule has 0 aromatic heterocycles. The summed E-state index contributed by atoms with van der Waals surface area (Å²) < 4.78 is 10.4. The summed E-state index contributed by atoms with van der Waals surface area (Å²) in [7, 11) is 0. The molecular formula is C11H14O4. The van der Waals surface area contributed by atoms with Crippen molar-refractivity contribution < 1.29 is 19.7 Å². The van der Waals surface area contributed by atoms with Crippen LogP contribution in [-0.2, 0) is 6.42 Å². The van der Waals surface area contributed by atoms with Gasteiger partial charge in [0.2, 0.25) is 6.79 Å². The third kappa shape index (κ3) is 2.22. The van der Waals surface area contributed by atoms with Gasteiger partial charge in [0.25, 0.3) is 0 Å². The lowest BCUT2D eigenvalue weighted by molar-refractivity contribution is -0.0780. The minimum Gasteiger partial charge on any atom is -0.454 e. The molecule has 4 heteroatoms. The van der Waals surface area contributed by atoms with Crippen molar-refractivity contribution in [3.63, 3.8) is 0 Å². The standard InChI is InChI=1S/C11H14O4/c1-7(11(12)13)4-8-2-3-9-10(5-8)15-6-14-9/h2-3,5,7,11-13H,4,6H2,1H3. The van der Waals surface area contributed by atoms with E-state index in [1.165, 1.54) is 0 Å². The predicted octanol–water partition coefficient (Wildman–Crippen LogP) is 0.905. The van der Waals surface area contributed by atoms with E-state index in [9.17, 15) is 0 Å². The Kier molecular flexibility index (Phi) is 2.79. The Morgan fingerprint density at radius 3 is 2.73 bits per heavy atom. The number of hydrogen-bond donors (Lipinski definition) is 2. The third-order valence-corrected chi connectivity index (χ3v) is 2.50. The van der Waals surface area contributed by atoms with Crippen LogP contribution in [-0.4, -0.2) is 23.3 Å². The zero-order chi connectivity index (χ0) is 10.8. The summed E-state index contributed by atoms with van der Waals surface area (Å²) >= 11 is 0. The maximum atomic E-state index is 8.98. The Labute approximate surface area is 88.1 Å². The first-order valence-corrected chi connectivity index (χ1v) is 4.91. The average Bonchev–Trinajstić information content (AvgIpc) is 2.64. The fraction of sp³-hybridized carbons (Fsp3) is 0.455. The Morgan fingerprint density at radius 2 is 2.00 bits per heavy atom. The molecule has 0 bridgehead atoms. The quantitative estimate of drug-likeness (QED) is 0.728. The molecule has 1 atom stereocenters. The van der Waals surface area contributed by atoms with Crippen LogP contribution in [0.3, 0.4) is 0 Å². The molecule has 0 amide bonds. The summed E-state index contributed by atoms with van der Waals surface area (Å²) in [5.41, 5.74) is 1.01. The van der Waals surface area contributed by atoms with Crippen LogP contribution < -0.4 is 9.47 Å². The van der Waals surface area contributed by atoms with Gasteiger partial charge in [-0.25, -0.2) is 0 Å². The second-order valence-corrected chi connectivity index (χ2v) is 3.78. The normalized spacial score (nSPS) is 15.7. The lowest BCUT2D eigenvalue weighted by Crippen LogP contribution is -2.18. The molecule has 0 saturated heterocycles. The summed E-state index contributed by atoms with van der Waals surface area (Å²) in [5.74, 6) is 1.29. The molecule has 4 nitrogen and oxygen atoms in total. The first-order chi connectivity index (χ1) is 7.16. The van der Waals surface area contributed by atoms with Crippen molar-refractivity contribution in [3.05, 3.63) is 23.8 Å². The summed E-state index contributed by atoms with van der Waals surface area (Å²) in [6.07, 6.45) is -0.677. The minimum atomic E-state index is -1.28. The summed E-state index contributed by atoms with van der Waals surface area (Å²) in [5, 5.41) is 18.0. The van der Waals surface area contributed by atoms with Gasteiger partial charge in [0.05, 0.1) is 0 Å². The van der Waals surface area contributed by atoms with E-state index >= 15 is 0 Å². The van der Waals surface area contributed by atoms with Gasteiger partial charge >= 0.3 is 0 Å². The average molecular weight is 210 g/mol. The highest BCUT2D eigenvalue weighted by atomic mass is 16.7. The molecule has 1 unspecified atom stereocenters. The van der Waals surface area contributed by atoms with Crippen molar-refractivity contribution in [2.75, 3.05) is 6.79 Å². The van der Waals surface area contributed by atoms with Crippen molar-refractivity contribution in [1.29, 1.82) is 0 Å². The number of ether oxygens (including phenoxy) is 2. The van der Waals surface area contributed by atoms with Gasteiger partial charge < -0.3 is 19.7 Å². The van der Waals surface area contributed by atoms with E-state index in [0.29, 0.717) is 6.42 Å². The van der Waals surface area contributed by atoms with Gasteiger partial charge in [0, 0.05) is 5.92 Å². The van der Waals surface area contributed by atoms with Crippen LogP contribution in [0.25, 0.3) is 0 Å². The zero-order valence-electron chi connectivity index (χ0n) is 8.51. The van der Waals surface area contributed by atoms with E-state index in [-0.39, 0.29) is 12.7 Å². The van der Waals surface area contributed by atoms with Gasteiger partial charge in [-0.1, -0.05) is 13.0 Å². The molecule has 0 saturated carbocycles. The Bertz CT molecular complexity index is 348. The molecule has 0 aliphatic carbocycles. The van der Waals surface area contributed by atoms with Gasteiger partial charge in [0.1, 0.15) is 0 Å². The lowest BCUT2D eigenvalue weighted by Gasteiger charge is -2.13. The SMILES string of the molecule is CC(Cc1ccc2c(c1)OCO2)C(O)O. The van der Waals surface area contributed by atoms with Gasteiger partial charge in [0.15, 0.2) is 17.8 Å². The highest BCUT2D eigenvalue weighted by Gasteiger charge is 2.16. The topological polar surface area (TPSA) is 58.9 Å². The van der Waals surface area contributed by atoms with Crippen LogP contribution in [0.15, 0.2) is 18.2 Å². The van der Waals surface area contributed by atoms with Crippen molar-refractivity contribution in [2.24, 2.45) is 5.92 Å². The van der Waals surface area contributed by atoms with Crippen molar-refractivity contribution in [3.8, 4) is 11.5 Å².